The highest BCUT2D eigenvalue weighted by Crippen LogP contribution is 2.27. The maximum absolute atomic E-state index is 13.0. The Kier molecular flexibility index (Phi) is 5.99. The summed E-state index contributed by atoms with van der Waals surface area (Å²) in [5.74, 6) is -0.176. The van der Waals surface area contributed by atoms with Crippen LogP contribution in [0.15, 0.2) is 70.5 Å². The molecule has 0 saturated carbocycles. The second kappa shape index (κ2) is 8.67. The number of morpholine rings is 1. The van der Waals surface area contributed by atoms with E-state index in [-0.39, 0.29) is 10.8 Å². The van der Waals surface area contributed by atoms with Crippen molar-refractivity contribution in [3.63, 3.8) is 0 Å². The number of hydrogen-bond acceptors (Lipinski definition) is 5. The summed E-state index contributed by atoms with van der Waals surface area (Å²) in [6.07, 6.45) is 1.87. The molecule has 1 aliphatic heterocycles. The van der Waals surface area contributed by atoms with Crippen LogP contribution in [0.1, 0.15) is 10.4 Å². The van der Waals surface area contributed by atoms with E-state index in [2.05, 4.69) is 4.72 Å². The van der Waals surface area contributed by atoms with Gasteiger partial charge in [0.25, 0.3) is 15.9 Å². The minimum absolute atomic E-state index is 0.0602. The van der Waals surface area contributed by atoms with Crippen molar-refractivity contribution in [3.05, 3.63) is 66.2 Å². The molecular formula is C22H22N2O4S2. The van der Waals surface area contributed by atoms with Gasteiger partial charge in [0.05, 0.1) is 23.7 Å². The maximum atomic E-state index is 13.0. The fourth-order valence-corrected chi connectivity index (χ4v) is 5.07. The van der Waals surface area contributed by atoms with Crippen LogP contribution in [0.4, 0.5) is 5.69 Å². The Balaban J connectivity index is 1.65. The largest absolute Gasteiger partial charge is 0.378 e. The average Bonchev–Trinajstić information content (AvgIpc) is 2.78. The summed E-state index contributed by atoms with van der Waals surface area (Å²) in [6.45, 7) is 1.97. The van der Waals surface area contributed by atoms with E-state index in [4.69, 9.17) is 4.74 Å². The number of sulfonamides is 1. The number of carbonyl (C=O) groups is 1. The van der Waals surface area contributed by atoms with Crippen LogP contribution in [-0.2, 0) is 14.8 Å². The van der Waals surface area contributed by atoms with Crippen molar-refractivity contribution in [1.29, 1.82) is 0 Å². The van der Waals surface area contributed by atoms with Gasteiger partial charge in [-0.25, -0.2) is 8.42 Å². The van der Waals surface area contributed by atoms with E-state index in [1.807, 2.05) is 36.6 Å². The maximum Gasteiger partial charge on any atom is 0.261 e. The van der Waals surface area contributed by atoms with Crippen LogP contribution in [-0.4, -0.2) is 51.8 Å². The molecule has 0 spiro atoms. The molecular weight excluding hydrogens is 420 g/mol. The smallest absolute Gasteiger partial charge is 0.261 e. The first kappa shape index (κ1) is 20.7. The van der Waals surface area contributed by atoms with Gasteiger partial charge in [0.1, 0.15) is 0 Å². The summed E-state index contributed by atoms with van der Waals surface area (Å²) in [4.78, 5) is 15.5. The van der Waals surface area contributed by atoms with Gasteiger partial charge in [-0.1, -0.05) is 30.3 Å². The summed E-state index contributed by atoms with van der Waals surface area (Å²) in [5, 5.41) is 1.97. The Hall–Kier alpha value is -2.55. The molecule has 1 heterocycles. The third kappa shape index (κ3) is 4.30. The van der Waals surface area contributed by atoms with Gasteiger partial charge in [-0.3, -0.25) is 9.52 Å². The van der Waals surface area contributed by atoms with Crippen LogP contribution in [0.2, 0.25) is 0 Å². The van der Waals surface area contributed by atoms with Crippen molar-refractivity contribution in [1.82, 2.24) is 4.90 Å². The van der Waals surface area contributed by atoms with Crippen LogP contribution in [0.25, 0.3) is 10.8 Å². The molecule has 0 bridgehead atoms. The minimum atomic E-state index is -3.85. The van der Waals surface area contributed by atoms with E-state index in [9.17, 15) is 13.2 Å². The van der Waals surface area contributed by atoms with Crippen LogP contribution in [0.3, 0.4) is 0 Å². The number of benzene rings is 3. The molecule has 0 atom stereocenters. The molecule has 0 aliphatic carbocycles. The highest BCUT2D eigenvalue weighted by atomic mass is 32.2. The Bertz CT molecular complexity index is 1190. The van der Waals surface area contributed by atoms with Gasteiger partial charge < -0.3 is 9.64 Å². The molecule has 4 rings (SSSR count). The highest BCUT2D eigenvalue weighted by Gasteiger charge is 2.24. The van der Waals surface area contributed by atoms with E-state index in [0.717, 1.165) is 15.7 Å². The lowest BCUT2D eigenvalue weighted by Crippen LogP contribution is -2.40. The van der Waals surface area contributed by atoms with Gasteiger partial charge in [-0.05, 0) is 47.4 Å². The average molecular weight is 443 g/mol. The van der Waals surface area contributed by atoms with Gasteiger partial charge in [0, 0.05) is 23.7 Å². The molecule has 30 heavy (non-hydrogen) atoms. The van der Waals surface area contributed by atoms with Gasteiger partial charge in [-0.2, -0.15) is 0 Å². The third-order valence-electron chi connectivity index (χ3n) is 5.01. The number of fused-ring (bicyclic) bond motifs is 1. The van der Waals surface area contributed by atoms with Crippen LogP contribution < -0.4 is 4.72 Å². The van der Waals surface area contributed by atoms with Crippen LogP contribution >= 0.6 is 11.8 Å². The van der Waals surface area contributed by atoms with Crippen molar-refractivity contribution in [3.8, 4) is 0 Å². The van der Waals surface area contributed by atoms with E-state index in [0.29, 0.717) is 37.6 Å². The summed E-state index contributed by atoms with van der Waals surface area (Å²) in [5.41, 5.74) is 0.870. The first-order valence-corrected chi connectivity index (χ1v) is 12.3. The molecule has 1 fully saturated rings. The van der Waals surface area contributed by atoms with Gasteiger partial charge in [0.15, 0.2) is 0 Å². The van der Waals surface area contributed by atoms with Crippen molar-refractivity contribution in [2.75, 3.05) is 37.3 Å². The zero-order valence-corrected chi connectivity index (χ0v) is 18.1. The molecule has 0 aromatic heterocycles. The molecule has 1 amide bonds. The molecule has 0 unspecified atom stereocenters. The van der Waals surface area contributed by atoms with Crippen LogP contribution in [0, 0.1) is 0 Å². The SMILES string of the molecule is CSc1ccc(S(=O)(=O)Nc2ccc3ccccc3c2)cc1C(=O)N1CCOCC1. The van der Waals surface area contributed by atoms with Gasteiger partial charge in [-0.15, -0.1) is 11.8 Å². The highest BCUT2D eigenvalue weighted by molar-refractivity contribution is 7.98. The number of nitrogens with one attached hydrogen (secondary N) is 1. The number of ether oxygens (including phenoxy) is 1. The normalized spacial score (nSPS) is 14.6. The number of hydrogen-bond donors (Lipinski definition) is 1. The van der Waals surface area contributed by atoms with Crippen molar-refractivity contribution in [2.24, 2.45) is 0 Å². The lowest BCUT2D eigenvalue weighted by molar-refractivity contribution is 0.0300. The van der Waals surface area contributed by atoms with Gasteiger partial charge >= 0.3 is 0 Å². The topological polar surface area (TPSA) is 75.7 Å². The van der Waals surface area contributed by atoms with E-state index in [1.165, 1.54) is 23.9 Å². The summed E-state index contributed by atoms with van der Waals surface area (Å²) in [7, 11) is -3.85. The number of nitrogens with zero attached hydrogens (tertiary/aromatic N) is 1. The van der Waals surface area contributed by atoms with E-state index >= 15 is 0 Å². The fraction of sp³-hybridized carbons (Fsp3) is 0.227. The van der Waals surface area contributed by atoms with E-state index < -0.39 is 10.0 Å². The van der Waals surface area contributed by atoms with E-state index in [1.54, 1.807) is 23.1 Å². The van der Waals surface area contributed by atoms with Crippen molar-refractivity contribution in [2.45, 2.75) is 9.79 Å². The summed E-state index contributed by atoms with van der Waals surface area (Å²) >= 11 is 1.42. The lowest BCUT2D eigenvalue weighted by Gasteiger charge is -2.27. The molecule has 6 nitrogen and oxygen atoms in total. The Morgan fingerprint density at radius 1 is 1.00 bits per heavy atom. The molecule has 156 valence electrons. The Morgan fingerprint density at radius 2 is 1.73 bits per heavy atom. The summed E-state index contributed by atoms with van der Waals surface area (Å²) < 4.78 is 34.0. The second-order valence-corrected chi connectivity index (χ2v) is 9.46. The molecule has 0 radical (unpaired) electrons. The predicted octanol–water partition coefficient (Wildman–Crippen LogP) is 3.83. The summed E-state index contributed by atoms with van der Waals surface area (Å²) in [6, 6.07) is 17.8. The van der Waals surface area contributed by atoms with Gasteiger partial charge in [0.2, 0.25) is 0 Å². The minimum Gasteiger partial charge on any atom is -0.378 e. The number of anilines is 1. The molecule has 3 aromatic rings. The fourth-order valence-electron chi connectivity index (χ4n) is 3.43. The van der Waals surface area contributed by atoms with Crippen LogP contribution in [0.5, 0.6) is 0 Å². The van der Waals surface area contributed by atoms with Crippen molar-refractivity contribution < 1.29 is 17.9 Å². The first-order chi connectivity index (χ1) is 14.5. The zero-order valence-electron chi connectivity index (χ0n) is 16.5. The van der Waals surface area contributed by atoms with Crippen molar-refractivity contribution >= 4 is 44.2 Å². The second-order valence-electron chi connectivity index (χ2n) is 6.93. The standard InChI is InChI=1S/C22H22N2O4S2/c1-29-21-9-8-19(15-20(21)22(25)24-10-12-28-13-11-24)30(26,27)23-18-7-6-16-4-2-3-5-17(16)14-18/h2-9,14-15,23H,10-13H2,1H3. The third-order valence-corrected chi connectivity index (χ3v) is 7.19. The molecule has 1 saturated heterocycles. The zero-order chi connectivity index (χ0) is 21.1. The molecule has 8 heteroatoms. The molecule has 1 aliphatic rings. The Morgan fingerprint density at radius 3 is 2.47 bits per heavy atom. The number of amides is 1. The number of carbonyl (C=O) groups excluding carboxylic acids is 1. The lowest BCUT2D eigenvalue weighted by atomic mass is 10.1. The quantitative estimate of drug-likeness (QED) is 0.608. The monoisotopic (exact) mass is 442 g/mol. The number of rotatable bonds is 5. The molecule has 3 aromatic carbocycles. The number of thioether (sulfide) groups is 1. The first-order valence-electron chi connectivity index (χ1n) is 9.54. The molecule has 1 N–H and O–H groups in total. The Labute approximate surface area is 180 Å². The predicted molar refractivity (Wildman–Crippen MR) is 120 cm³/mol.